The second-order valence-corrected chi connectivity index (χ2v) is 9.54. The van der Waals surface area contributed by atoms with Gasteiger partial charge in [-0.1, -0.05) is 47.0 Å². The van der Waals surface area contributed by atoms with Crippen molar-refractivity contribution in [1.82, 2.24) is 9.62 Å². The van der Waals surface area contributed by atoms with Crippen LogP contribution in [0.3, 0.4) is 0 Å². The molecule has 0 radical (unpaired) electrons. The molecule has 0 spiro atoms. The first kappa shape index (κ1) is 25.6. The van der Waals surface area contributed by atoms with Gasteiger partial charge in [0.1, 0.15) is 5.82 Å². The number of carbonyl (C=O) groups is 1. The summed E-state index contributed by atoms with van der Waals surface area (Å²) in [7, 11) is -3.67. The summed E-state index contributed by atoms with van der Waals surface area (Å²) in [6.45, 7) is 0.777. The first-order valence-corrected chi connectivity index (χ1v) is 11.5. The predicted molar refractivity (Wildman–Crippen MR) is 116 cm³/mol. The minimum atomic E-state index is -3.67. The first-order chi connectivity index (χ1) is 13.0. The summed E-state index contributed by atoms with van der Waals surface area (Å²) in [6.07, 6.45) is 9.16. The number of carbonyl (C=O) groups excluding carboxylic acids is 1. The lowest BCUT2D eigenvalue weighted by molar-refractivity contribution is -0.125. The van der Waals surface area contributed by atoms with E-state index in [2.05, 4.69) is 5.32 Å². The van der Waals surface area contributed by atoms with Gasteiger partial charge in [-0.15, -0.1) is 0 Å². The average molecular weight is 429 g/mol. The topological polar surface area (TPSA) is 66.5 Å². The van der Waals surface area contributed by atoms with Crippen LogP contribution in [0.2, 0.25) is 0 Å². The summed E-state index contributed by atoms with van der Waals surface area (Å²) < 4.78 is 40.3. The van der Waals surface area contributed by atoms with Crippen LogP contribution in [0.15, 0.2) is 29.2 Å². The summed E-state index contributed by atoms with van der Waals surface area (Å²) in [6, 6.07) is 4.68. The largest absolute Gasteiger partial charge is 0.354 e. The van der Waals surface area contributed by atoms with Gasteiger partial charge in [-0.25, -0.2) is 12.8 Å². The number of sulfonamides is 1. The summed E-state index contributed by atoms with van der Waals surface area (Å²) in [4.78, 5) is 12.7. The zero-order chi connectivity index (χ0) is 19.3. The van der Waals surface area contributed by atoms with Crippen LogP contribution in [0, 0.1) is 11.7 Å². The van der Waals surface area contributed by atoms with E-state index < -0.39 is 15.8 Å². The molecule has 2 fully saturated rings. The van der Waals surface area contributed by atoms with Gasteiger partial charge in [-0.2, -0.15) is 4.31 Å². The van der Waals surface area contributed by atoms with Crippen LogP contribution in [-0.4, -0.2) is 37.8 Å². The van der Waals surface area contributed by atoms with Crippen LogP contribution in [-0.2, 0) is 14.8 Å². The van der Waals surface area contributed by atoms with E-state index in [1.54, 1.807) is 0 Å². The van der Waals surface area contributed by atoms with Crippen molar-refractivity contribution < 1.29 is 17.6 Å². The minimum absolute atomic E-state index is 0. The first-order valence-electron chi connectivity index (χ1n) is 10.0. The SMILES string of the molecule is C.C.O=C(NCC1CCCN1S(=O)(=O)c1ccc(F)cc1)C1CCCCCCC1. The molecule has 1 unspecified atom stereocenters. The fraction of sp³-hybridized carbons (Fsp3) is 0.682. The van der Waals surface area contributed by atoms with E-state index in [9.17, 15) is 17.6 Å². The Bertz CT molecular complexity index is 729. The Morgan fingerprint density at radius 2 is 1.55 bits per heavy atom. The highest BCUT2D eigenvalue weighted by molar-refractivity contribution is 7.89. The minimum Gasteiger partial charge on any atom is -0.354 e. The van der Waals surface area contributed by atoms with Gasteiger partial charge in [0.25, 0.3) is 0 Å². The highest BCUT2D eigenvalue weighted by Gasteiger charge is 2.35. The number of hydrogen-bond acceptors (Lipinski definition) is 3. The molecule has 1 aromatic carbocycles. The Morgan fingerprint density at radius 1 is 0.966 bits per heavy atom. The van der Waals surface area contributed by atoms with Gasteiger partial charge >= 0.3 is 0 Å². The molecular formula is C22H37FN2O3S. The summed E-state index contributed by atoms with van der Waals surface area (Å²) in [5, 5.41) is 3.00. The highest BCUT2D eigenvalue weighted by Crippen LogP contribution is 2.26. The van der Waals surface area contributed by atoms with Crippen LogP contribution in [0.25, 0.3) is 0 Å². The molecule has 1 atom stereocenters. The molecule has 3 rings (SSSR count). The second kappa shape index (κ2) is 11.6. The highest BCUT2D eigenvalue weighted by atomic mass is 32.2. The maximum absolute atomic E-state index is 13.1. The van der Waals surface area contributed by atoms with E-state index in [4.69, 9.17) is 0 Å². The van der Waals surface area contributed by atoms with Crippen molar-refractivity contribution in [3.8, 4) is 0 Å². The molecule has 1 saturated carbocycles. The molecule has 1 N–H and O–H groups in total. The molecule has 5 nitrogen and oxygen atoms in total. The number of hydrogen-bond donors (Lipinski definition) is 1. The quantitative estimate of drug-likeness (QED) is 0.737. The van der Waals surface area contributed by atoms with Crippen molar-refractivity contribution in [2.24, 2.45) is 5.92 Å². The molecule has 1 aliphatic carbocycles. The van der Waals surface area contributed by atoms with Crippen LogP contribution in [0.4, 0.5) is 4.39 Å². The Morgan fingerprint density at radius 3 is 2.17 bits per heavy atom. The van der Waals surface area contributed by atoms with Gasteiger partial charge < -0.3 is 5.32 Å². The van der Waals surface area contributed by atoms with Crippen molar-refractivity contribution in [2.45, 2.75) is 83.6 Å². The van der Waals surface area contributed by atoms with Crippen LogP contribution >= 0.6 is 0 Å². The van der Waals surface area contributed by atoms with Gasteiger partial charge in [0, 0.05) is 25.0 Å². The fourth-order valence-electron chi connectivity index (χ4n) is 4.15. The molecule has 0 aromatic heterocycles. The Balaban J connectivity index is 0.00000210. The summed E-state index contributed by atoms with van der Waals surface area (Å²) >= 11 is 0. The monoisotopic (exact) mass is 428 g/mol. The smallest absolute Gasteiger partial charge is 0.243 e. The molecule has 166 valence electrons. The van der Waals surface area contributed by atoms with Crippen LogP contribution in [0.1, 0.15) is 72.6 Å². The van der Waals surface area contributed by atoms with Crippen molar-refractivity contribution in [3.63, 3.8) is 0 Å². The molecular weight excluding hydrogens is 391 g/mol. The standard InChI is InChI=1S/C20H29FN2O3S.2CH4/c21-17-10-12-19(13-11-17)27(25,26)23-14-6-9-18(23)15-22-20(24)16-7-4-2-1-3-5-8-16;;/h10-13,16,18H,1-9,14-15H2,(H,22,24);2*1H4. The fourth-order valence-corrected chi connectivity index (χ4v) is 5.85. The Labute approximate surface area is 176 Å². The zero-order valence-corrected chi connectivity index (χ0v) is 16.5. The number of halogens is 1. The Hall–Kier alpha value is -1.47. The van der Waals surface area contributed by atoms with E-state index in [1.165, 1.54) is 35.7 Å². The average Bonchev–Trinajstić information content (AvgIpc) is 3.09. The Kier molecular flexibility index (Phi) is 10.3. The van der Waals surface area contributed by atoms with Gasteiger partial charge in [0.05, 0.1) is 4.90 Å². The van der Waals surface area contributed by atoms with Gasteiger partial charge in [0.15, 0.2) is 0 Å². The molecule has 0 bridgehead atoms. The van der Waals surface area contributed by atoms with Crippen molar-refractivity contribution in [3.05, 3.63) is 30.1 Å². The zero-order valence-electron chi connectivity index (χ0n) is 15.7. The van der Waals surface area contributed by atoms with Gasteiger partial charge in [0.2, 0.25) is 15.9 Å². The number of benzene rings is 1. The lowest BCUT2D eigenvalue weighted by atomic mass is 9.90. The van der Waals surface area contributed by atoms with Gasteiger partial charge in [-0.3, -0.25) is 4.79 Å². The van der Waals surface area contributed by atoms with Gasteiger partial charge in [-0.05, 0) is 49.9 Å². The maximum atomic E-state index is 13.1. The van der Waals surface area contributed by atoms with E-state index >= 15 is 0 Å². The summed E-state index contributed by atoms with van der Waals surface area (Å²) in [5.74, 6) is -0.352. The van der Waals surface area contributed by atoms with Crippen LogP contribution in [0.5, 0.6) is 0 Å². The lowest BCUT2D eigenvalue weighted by Crippen LogP contribution is -2.44. The van der Waals surface area contributed by atoms with E-state index in [0.717, 1.165) is 50.7 Å². The molecule has 1 aliphatic heterocycles. The normalized spacial score (nSPS) is 21.3. The third-order valence-corrected chi connectivity index (χ3v) is 7.70. The number of nitrogens with one attached hydrogen (secondary N) is 1. The molecule has 2 aliphatic rings. The third kappa shape index (κ3) is 6.51. The van der Waals surface area contributed by atoms with Crippen molar-refractivity contribution in [1.29, 1.82) is 0 Å². The van der Waals surface area contributed by atoms with E-state index in [0.29, 0.717) is 13.1 Å². The number of amides is 1. The van der Waals surface area contributed by atoms with Crippen LogP contribution < -0.4 is 5.32 Å². The third-order valence-electron chi connectivity index (χ3n) is 5.73. The lowest BCUT2D eigenvalue weighted by Gasteiger charge is -2.26. The van der Waals surface area contributed by atoms with Crippen molar-refractivity contribution >= 4 is 15.9 Å². The second-order valence-electron chi connectivity index (χ2n) is 7.65. The maximum Gasteiger partial charge on any atom is 0.243 e. The van der Waals surface area contributed by atoms with E-state index in [-0.39, 0.29) is 37.6 Å². The number of rotatable bonds is 5. The molecule has 29 heavy (non-hydrogen) atoms. The number of nitrogens with zero attached hydrogens (tertiary/aromatic N) is 1. The van der Waals surface area contributed by atoms with Crippen molar-refractivity contribution in [2.75, 3.05) is 13.1 Å². The molecule has 1 aromatic rings. The molecule has 7 heteroatoms. The predicted octanol–water partition coefficient (Wildman–Crippen LogP) is 4.73. The molecule has 1 saturated heterocycles. The molecule has 1 heterocycles. The van der Waals surface area contributed by atoms with E-state index in [1.807, 2.05) is 0 Å². The molecule has 1 amide bonds. The summed E-state index contributed by atoms with van der Waals surface area (Å²) in [5.41, 5.74) is 0.